The van der Waals surface area contributed by atoms with E-state index in [2.05, 4.69) is 9.71 Å². The largest absolute Gasteiger partial charge is 0.423 e. The molecule has 1 unspecified atom stereocenters. The number of halogens is 1. The van der Waals surface area contributed by atoms with Gasteiger partial charge in [-0.25, -0.2) is 27.3 Å². The van der Waals surface area contributed by atoms with Gasteiger partial charge in [-0.3, -0.25) is 0 Å². The zero-order valence-electron chi connectivity index (χ0n) is 17.2. The van der Waals surface area contributed by atoms with Crippen molar-refractivity contribution in [2.24, 2.45) is 0 Å². The highest BCUT2D eigenvalue weighted by Crippen LogP contribution is 2.24. The Morgan fingerprint density at radius 2 is 1.79 bits per heavy atom. The molecule has 0 aliphatic heterocycles. The highest BCUT2D eigenvalue weighted by molar-refractivity contribution is 7.89. The summed E-state index contributed by atoms with van der Waals surface area (Å²) >= 11 is 0. The standard InChI is InChI=1S/C24H18FN3O4S/c25-18-8-5-16(6-9-18)21(14-28-15-26-20-3-1-2-4-22(20)28)27-33(30,31)19-10-11-23-17(13-19)7-12-24(29)32-23/h1-13,15,21,27H,14H2. The number of sulfonamides is 1. The molecule has 5 rings (SSSR count). The Morgan fingerprint density at radius 3 is 2.61 bits per heavy atom. The van der Waals surface area contributed by atoms with Crippen LogP contribution in [0.5, 0.6) is 0 Å². The summed E-state index contributed by atoms with van der Waals surface area (Å²) in [6, 6.07) is 19.5. The van der Waals surface area contributed by atoms with Gasteiger partial charge < -0.3 is 8.98 Å². The highest BCUT2D eigenvalue weighted by atomic mass is 32.2. The summed E-state index contributed by atoms with van der Waals surface area (Å²) in [5.41, 5.74) is 2.02. The van der Waals surface area contributed by atoms with Gasteiger partial charge in [0.15, 0.2) is 0 Å². The molecule has 1 N–H and O–H groups in total. The molecule has 0 amide bonds. The average Bonchev–Trinajstić information content (AvgIpc) is 3.21. The maximum atomic E-state index is 13.5. The lowest BCUT2D eigenvalue weighted by Gasteiger charge is -2.20. The number of fused-ring (bicyclic) bond motifs is 2. The van der Waals surface area contributed by atoms with Crippen molar-refractivity contribution in [1.82, 2.24) is 14.3 Å². The lowest BCUT2D eigenvalue weighted by Crippen LogP contribution is -2.31. The highest BCUT2D eigenvalue weighted by Gasteiger charge is 2.23. The molecule has 0 radical (unpaired) electrons. The Morgan fingerprint density at radius 1 is 1.00 bits per heavy atom. The third-order valence-electron chi connectivity index (χ3n) is 5.38. The molecule has 0 spiro atoms. The molecule has 33 heavy (non-hydrogen) atoms. The lowest BCUT2D eigenvalue weighted by atomic mass is 10.1. The molecule has 7 nitrogen and oxygen atoms in total. The molecule has 2 heterocycles. The third kappa shape index (κ3) is 4.28. The summed E-state index contributed by atoms with van der Waals surface area (Å²) in [5.74, 6) is -0.413. The minimum Gasteiger partial charge on any atom is -0.423 e. The summed E-state index contributed by atoms with van der Waals surface area (Å²) in [6.45, 7) is 0.244. The number of rotatable bonds is 6. The fourth-order valence-electron chi connectivity index (χ4n) is 3.73. The van der Waals surface area contributed by atoms with Crippen LogP contribution >= 0.6 is 0 Å². The number of hydrogen-bond donors (Lipinski definition) is 1. The molecular weight excluding hydrogens is 445 g/mol. The van der Waals surface area contributed by atoms with Crippen LogP contribution in [0.4, 0.5) is 4.39 Å². The maximum Gasteiger partial charge on any atom is 0.336 e. The predicted molar refractivity (Wildman–Crippen MR) is 122 cm³/mol. The van der Waals surface area contributed by atoms with Crippen LogP contribution in [-0.2, 0) is 16.6 Å². The van der Waals surface area contributed by atoms with E-state index in [1.54, 1.807) is 18.5 Å². The maximum absolute atomic E-state index is 13.5. The molecule has 0 fully saturated rings. The van der Waals surface area contributed by atoms with Crippen LogP contribution in [0.3, 0.4) is 0 Å². The molecule has 0 aliphatic carbocycles. The number of benzene rings is 3. The minimum absolute atomic E-state index is 0.0199. The number of aromatic nitrogens is 2. The zero-order chi connectivity index (χ0) is 23.0. The van der Waals surface area contributed by atoms with Gasteiger partial charge >= 0.3 is 5.63 Å². The Hall–Kier alpha value is -3.82. The van der Waals surface area contributed by atoms with Crippen molar-refractivity contribution in [3.8, 4) is 0 Å². The van der Waals surface area contributed by atoms with Crippen molar-refractivity contribution in [1.29, 1.82) is 0 Å². The smallest absolute Gasteiger partial charge is 0.336 e. The Labute approximate surface area is 188 Å². The summed E-state index contributed by atoms with van der Waals surface area (Å²) in [7, 11) is -3.97. The molecule has 5 aromatic rings. The first-order valence-corrected chi connectivity index (χ1v) is 11.6. The molecule has 166 valence electrons. The van der Waals surface area contributed by atoms with Crippen molar-refractivity contribution in [3.63, 3.8) is 0 Å². The minimum atomic E-state index is -3.97. The van der Waals surface area contributed by atoms with E-state index in [4.69, 9.17) is 4.42 Å². The Bertz CT molecular complexity index is 1630. The van der Waals surface area contributed by atoms with Crippen LogP contribution in [0.25, 0.3) is 22.0 Å². The molecule has 0 saturated heterocycles. The fraction of sp³-hybridized carbons (Fsp3) is 0.0833. The van der Waals surface area contributed by atoms with Gasteiger partial charge in [-0.2, -0.15) is 0 Å². The number of imidazole rings is 1. The van der Waals surface area contributed by atoms with Crippen molar-refractivity contribution >= 4 is 32.0 Å². The second-order valence-electron chi connectivity index (χ2n) is 7.57. The van der Waals surface area contributed by atoms with Gasteiger partial charge in [0.2, 0.25) is 10.0 Å². The molecule has 0 bridgehead atoms. The van der Waals surface area contributed by atoms with Gasteiger partial charge in [0.1, 0.15) is 11.4 Å². The van der Waals surface area contributed by atoms with E-state index in [9.17, 15) is 17.6 Å². The Kier molecular flexibility index (Phi) is 5.27. The molecule has 3 aromatic carbocycles. The number of nitrogens with zero attached hydrogens (tertiary/aromatic N) is 2. The van der Waals surface area contributed by atoms with Crippen molar-refractivity contribution in [3.05, 3.63) is 107 Å². The predicted octanol–water partition coefficient (Wildman–Crippen LogP) is 4.00. The second kappa shape index (κ2) is 8.27. The van der Waals surface area contributed by atoms with Gasteiger partial charge in [0, 0.05) is 18.0 Å². The summed E-state index contributed by atoms with van der Waals surface area (Å²) in [6.07, 6.45) is 1.65. The first-order chi connectivity index (χ1) is 15.9. The van der Waals surface area contributed by atoms with E-state index in [-0.39, 0.29) is 11.4 Å². The molecule has 9 heteroatoms. The zero-order valence-corrected chi connectivity index (χ0v) is 18.0. The average molecular weight is 463 g/mol. The van der Waals surface area contributed by atoms with Gasteiger partial charge in [0.25, 0.3) is 0 Å². The van der Waals surface area contributed by atoms with Crippen LogP contribution in [0.15, 0.2) is 99.3 Å². The third-order valence-corrected chi connectivity index (χ3v) is 6.85. The molecule has 2 aromatic heterocycles. The monoisotopic (exact) mass is 463 g/mol. The molecule has 0 saturated carbocycles. The first-order valence-electron chi connectivity index (χ1n) is 10.1. The number of hydrogen-bond acceptors (Lipinski definition) is 5. The fourth-order valence-corrected chi connectivity index (χ4v) is 4.98. The van der Waals surface area contributed by atoms with Crippen LogP contribution in [0, 0.1) is 5.82 Å². The van der Waals surface area contributed by atoms with E-state index >= 15 is 0 Å². The van der Waals surface area contributed by atoms with E-state index in [1.165, 1.54) is 42.5 Å². The van der Waals surface area contributed by atoms with Gasteiger partial charge in [-0.15, -0.1) is 0 Å². The van der Waals surface area contributed by atoms with Gasteiger partial charge in [-0.05, 0) is 54.1 Å². The molecule has 0 aliphatic rings. The molecule has 1 atom stereocenters. The van der Waals surface area contributed by atoms with Crippen LogP contribution in [-0.4, -0.2) is 18.0 Å². The van der Waals surface area contributed by atoms with E-state index in [1.807, 2.05) is 28.8 Å². The van der Waals surface area contributed by atoms with Crippen LogP contribution in [0.2, 0.25) is 0 Å². The van der Waals surface area contributed by atoms with Crippen LogP contribution in [0.1, 0.15) is 11.6 Å². The normalized spacial score (nSPS) is 12.9. The van der Waals surface area contributed by atoms with E-state index < -0.39 is 27.5 Å². The van der Waals surface area contributed by atoms with E-state index in [0.29, 0.717) is 16.5 Å². The summed E-state index contributed by atoms with van der Waals surface area (Å²) in [5, 5.41) is 0.483. The van der Waals surface area contributed by atoms with E-state index in [0.717, 1.165) is 11.0 Å². The van der Waals surface area contributed by atoms with Crippen LogP contribution < -0.4 is 10.3 Å². The van der Waals surface area contributed by atoms with Crippen molar-refractivity contribution in [2.45, 2.75) is 17.5 Å². The quantitative estimate of drug-likeness (QED) is 0.384. The SMILES string of the molecule is O=c1ccc2cc(S(=O)(=O)NC(Cn3cnc4ccccc43)c3ccc(F)cc3)ccc2o1. The summed E-state index contributed by atoms with van der Waals surface area (Å²) in [4.78, 5) is 15.8. The lowest BCUT2D eigenvalue weighted by molar-refractivity contribution is 0.515. The number of nitrogens with one attached hydrogen (secondary N) is 1. The van der Waals surface area contributed by atoms with Crippen molar-refractivity contribution in [2.75, 3.05) is 0 Å². The van der Waals surface area contributed by atoms with Gasteiger partial charge in [-0.1, -0.05) is 24.3 Å². The first kappa shape index (κ1) is 21.0. The molecular formula is C24H18FN3O4S. The van der Waals surface area contributed by atoms with Crippen molar-refractivity contribution < 1.29 is 17.2 Å². The van der Waals surface area contributed by atoms with Gasteiger partial charge in [0.05, 0.1) is 28.3 Å². The number of para-hydroxylation sites is 2. The second-order valence-corrected chi connectivity index (χ2v) is 9.28. The summed E-state index contributed by atoms with van der Waals surface area (Å²) < 4.78 is 49.8. The topological polar surface area (TPSA) is 94.2 Å². The Balaban J connectivity index is 1.52.